The molecule has 2 aliphatic rings. The Morgan fingerprint density at radius 3 is 2.39 bits per heavy atom. The van der Waals surface area contributed by atoms with E-state index in [4.69, 9.17) is 0 Å². The maximum Gasteiger partial charge on any atom is 0.168 e. The number of nitrogens with zero attached hydrogens (tertiary/aromatic N) is 6. The van der Waals surface area contributed by atoms with Crippen molar-refractivity contribution in [3.63, 3.8) is 0 Å². The maximum atomic E-state index is 4.51. The van der Waals surface area contributed by atoms with E-state index in [0.717, 1.165) is 32.0 Å². The summed E-state index contributed by atoms with van der Waals surface area (Å²) in [5.74, 6) is 1.56. The molecule has 2 aromatic rings. The normalized spacial score (nSPS) is 20.2. The Balaban J connectivity index is 1.50. The number of hydrogen-bond donors (Lipinski definition) is 0. The summed E-state index contributed by atoms with van der Waals surface area (Å²) in [7, 11) is 0. The molecule has 2 fully saturated rings. The Morgan fingerprint density at radius 1 is 1.00 bits per heavy atom. The van der Waals surface area contributed by atoms with E-state index in [1.807, 2.05) is 0 Å². The van der Waals surface area contributed by atoms with Crippen molar-refractivity contribution in [2.24, 2.45) is 5.92 Å². The smallest absolute Gasteiger partial charge is 0.168 e. The molecule has 152 valence electrons. The topological polar surface area (TPSA) is 50.1 Å². The van der Waals surface area contributed by atoms with E-state index in [2.05, 4.69) is 75.9 Å². The van der Waals surface area contributed by atoms with Gasteiger partial charge in [-0.1, -0.05) is 38.8 Å². The zero-order valence-electron chi connectivity index (χ0n) is 17.8. The van der Waals surface area contributed by atoms with E-state index in [0.29, 0.717) is 12.0 Å². The van der Waals surface area contributed by atoms with E-state index in [9.17, 15) is 0 Å². The lowest BCUT2D eigenvalue weighted by atomic mass is 9.99. The van der Waals surface area contributed by atoms with Crippen LogP contribution in [0.5, 0.6) is 0 Å². The lowest BCUT2D eigenvalue weighted by molar-refractivity contribution is 0.132. The van der Waals surface area contributed by atoms with Crippen LogP contribution in [0.3, 0.4) is 0 Å². The van der Waals surface area contributed by atoms with Crippen LogP contribution in [0.25, 0.3) is 0 Å². The molecule has 28 heavy (non-hydrogen) atoms. The Hall–Kier alpha value is -1.95. The van der Waals surface area contributed by atoms with E-state index in [-0.39, 0.29) is 6.04 Å². The number of aryl methyl sites for hydroxylation is 1. The molecule has 6 heteroatoms. The van der Waals surface area contributed by atoms with Gasteiger partial charge >= 0.3 is 0 Å². The van der Waals surface area contributed by atoms with Crippen LogP contribution in [0, 0.1) is 19.8 Å². The quantitative estimate of drug-likeness (QED) is 0.784. The molecule has 2 heterocycles. The minimum absolute atomic E-state index is 0.288. The third-order valence-electron chi connectivity index (χ3n) is 6.71. The van der Waals surface area contributed by atoms with Gasteiger partial charge in [0.2, 0.25) is 0 Å². The first-order valence-corrected chi connectivity index (χ1v) is 10.9. The number of anilines is 1. The van der Waals surface area contributed by atoms with Crippen LogP contribution in [0.15, 0.2) is 18.2 Å². The fraction of sp³-hybridized carbons (Fsp3) is 0.682. The van der Waals surface area contributed by atoms with Gasteiger partial charge in [-0.15, -0.1) is 5.10 Å². The number of benzene rings is 1. The Kier molecular flexibility index (Phi) is 5.67. The molecule has 1 aromatic carbocycles. The Bertz CT molecular complexity index is 784. The fourth-order valence-corrected chi connectivity index (χ4v) is 5.01. The number of tetrazole rings is 1. The van der Waals surface area contributed by atoms with Crippen LogP contribution in [0.1, 0.15) is 68.6 Å². The molecule has 0 N–H and O–H groups in total. The second-order valence-corrected chi connectivity index (χ2v) is 8.85. The monoisotopic (exact) mass is 382 g/mol. The Morgan fingerprint density at radius 2 is 1.71 bits per heavy atom. The highest BCUT2D eigenvalue weighted by Crippen LogP contribution is 2.35. The van der Waals surface area contributed by atoms with Gasteiger partial charge in [-0.2, -0.15) is 0 Å². The molecular formula is C22H34N6. The maximum absolute atomic E-state index is 4.51. The third-order valence-corrected chi connectivity index (χ3v) is 6.71. The van der Waals surface area contributed by atoms with Gasteiger partial charge in [-0.3, -0.25) is 4.90 Å². The Labute approximate surface area is 168 Å². The first-order valence-electron chi connectivity index (χ1n) is 10.9. The SMILES string of the molecule is Cc1cccc(N2CCN(C(c3nnnn3C3CCCC3)C(C)C)CC2)c1C. The molecule has 0 radical (unpaired) electrons. The van der Waals surface area contributed by atoms with Crippen LogP contribution in [0.4, 0.5) is 5.69 Å². The molecule has 4 rings (SSSR count). The minimum Gasteiger partial charge on any atom is -0.369 e. The molecule has 0 bridgehead atoms. The molecule has 1 aromatic heterocycles. The average Bonchev–Trinajstić information content (AvgIpc) is 3.36. The van der Waals surface area contributed by atoms with Gasteiger partial charge in [0.1, 0.15) is 0 Å². The van der Waals surface area contributed by atoms with Crippen LogP contribution in [-0.2, 0) is 0 Å². The van der Waals surface area contributed by atoms with Crippen molar-refractivity contribution in [1.29, 1.82) is 0 Å². The summed E-state index contributed by atoms with van der Waals surface area (Å²) >= 11 is 0. The predicted molar refractivity (Wildman–Crippen MR) is 113 cm³/mol. The van der Waals surface area contributed by atoms with E-state index < -0.39 is 0 Å². The molecule has 1 saturated heterocycles. The molecule has 1 aliphatic carbocycles. The third kappa shape index (κ3) is 3.66. The first-order chi connectivity index (χ1) is 13.6. The van der Waals surface area contributed by atoms with E-state index in [1.165, 1.54) is 42.5 Å². The van der Waals surface area contributed by atoms with Crippen molar-refractivity contribution in [2.75, 3.05) is 31.1 Å². The summed E-state index contributed by atoms with van der Waals surface area (Å²) in [5.41, 5.74) is 4.16. The molecule has 0 spiro atoms. The lowest BCUT2D eigenvalue weighted by Crippen LogP contribution is -2.49. The standard InChI is InChI=1S/C22H34N6/c1-16(2)21(22-23-24-25-28(22)19-9-5-6-10-19)27-14-12-26(13-15-27)20-11-7-8-17(3)18(20)4/h7-8,11,16,19,21H,5-6,9-10,12-15H2,1-4H3. The van der Waals surface area contributed by atoms with Crippen LogP contribution < -0.4 is 4.90 Å². The molecule has 1 aliphatic heterocycles. The van der Waals surface area contributed by atoms with Crippen molar-refractivity contribution in [3.05, 3.63) is 35.2 Å². The van der Waals surface area contributed by atoms with Gasteiger partial charge in [-0.05, 0) is 60.2 Å². The van der Waals surface area contributed by atoms with Crippen molar-refractivity contribution in [2.45, 2.75) is 65.5 Å². The molecule has 1 unspecified atom stereocenters. The van der Waals surface area contributed by atoms with Crippen LogP contribution >= 0.6 is 0 Å². The van der Waals surface area contributed by atoms with Gasteiger partial charge in [0.25, 0.3) is 0 Å². The zero-order valence-corrected chi connectivity index (χ0v) is 17.8. The molecular weight excluding hydrogens is 348 g/mol. The number of aromatic nitrogens is 4. The summed E-state index contributed by atoms with van der Waals surface area (Å²) in [4.78, 5) is 5.14. The lowest BCUT2D eigenvalue weighted by Gasteiger charge is -2.41. The summed E-state index contributed by atoms with van der Waals surface area (Å²) in [5, 5.41) is 13.0. The number of piperazine rings is 1. The van der Waals surface area contributed by atoms with Crippen molar-refractivity contribution >= 4 is 5.69 Å². The molecule has 0 amide bonds. The predicted octanol–water partition coefficient (Wildman–Crippen LogP) is 3.92. The van der Waals surface area contributed by atoms with Gasteiger partial charge < -0.3 is 4.90 Å². The highest BCUT2D eigenvalue weighted by Gasteiger charge is 2.33. The van der Waals surface area contributed by atoms with Gasteiger partial charge in [0, 0.05) is 31.9 Å². The van der Waals surface area contributed by atoms with Crippen molar-refractivity contribution in [1.82, 2.24) is 25.1 Å². The molecule has 1 atom stereocenters. The largest absolute Gasteiger partial charge is 0.369 e. The summed E-state index contributed by atoms with van der Waals surface area (Å²) in [6, 6.07) is 7.42. The second-order valence-electron chi connectivity index (χ2n) is 8.85. The van der Waals surface area contributed by atoms with Crippen LogP contribution in [-0.4, -0.2) is 51.3 Å². The van der Waals surface area contributed by atoms with Crippen molar-refractivity contribution in [3.8, 4) is 0 Å². The van der Waals surface area contributed by atoms with Gasteiger partial charge in [0.15, 0.2) is 5.82 Å². The zero-order chi connectivity index (χ0) is 19.7. The first kappa shape index (κ1) is 19.4. The number of rotatable bonds is 5. The highest BCUT2D eigenvalue weighted by molar-refractivity contribution is 5.56. The summed E-state index contributed by atoms with van der Waals surface area (Å²) in [6.45, 7) is 13.2. The van der Waals surface area contributed by atoms with Gasteiger partial charge in [0.05, 0.1) is 12.1 Å². The molecule has 6 nitrogen and oxygen atoms in total. The fourth-order valence-electron chi connectivity index (χ4n) is 5.01. The second kappa shape index (κ2) is 8.19. The van der Waals surface area contributed by atoms with Crippen molar-refractivity contribution < 1.29 is 0 Å². The van der Waals surface area contributed by atoms with E-state index in [1.54, 1.807) is 0 Å². The van der Waals surface area contributed by atoms with E-state index >= 15 is 0 Å². The number of hydrogen-bond acceptors (Lipinski definition) is 5. The van der Waals surface area contributed by atoms with Gasteiger partial charge in [-0.25, -0.2) is 4.68 Å². The molecule has 1 saturated carbocycles. The highest BCUT2D eigenvalue weighted by atomic mass is 15.6. The van der Waals surface area contributed by atoms with Crippen LogP contribution in [0.2, 0.25) is 0 Å². The summed E-state index contributed by atoms with van der Waals surface area (Å²) in [6.07, 6.45) is 5.02. The minimum atomic E-state index is 0.288. The summed E-state index contributed by atoms with van der Waals surface area (Å²) < 4.78 is 2.15. The average molecular weight is 383 g/mol.